The molecule has 3 heterocycles. The molecule has 228 valence electrons. The van der Waals surface area contributed by atoms with Crippen LogP contribution in [0.5, 0.6) is 0 Å². The fourth-order valence-electron chi connectivity index (χ4n) is 5.61. The van der Waals surface area contributed by atoms with E-state index < -0.39 is 17.9 Å². The van der Waals surface area contributed by atoms with Crippen LogP contribution in [0.2, 0.25) is 15.1 Å². The van der Waals surface area contributed by atoms with Gasteiger partial charge < -0.3 is 10.1 Å². The van der Waals surface area contributed by atoms with E-state index in [4.69, 9.17) is 44.5 Å². The lowest BCUT2D eigenvalue weighted by molar-refractivity contribution is -0.151. The molecule has 0 bridgehead atoms. The summed E-state index contributed by atoms with van der Waals surface area (Å²) < 4.78 is 7.79. The highest BCUT2D eigenvalue weighted by Gasteiger charge is 2.32. The Balaban J connectivity index is 1.40. The summed E-state index contributed by atoms with van der Waals surface area (Å²) >= 11 is 20.5. The topological polar surface area (TPSA) is 98.5 Å². The van der Waals surface area contributed by atoms with Crippen molar-refractivity contribution in [2.24, 2.45) is 4.99 Å². The van der Waals surface area contributed by atoms with Gasteiger partial charge in [0.25, 0.3) is 5.91 Å². The number of nitrogens with one attached hydrogen (secondary N) is 1. The molecule has 8 nitrogen and oxygen atoms in total. The molecule has 0 saturated heterocycles. The number of benzene rings is 2. The monoisotopic (exact) mass is 669 g/mol. The highest BCUT2D eigenvalue weighted by atomic mass is 35.5. The molecule has 1 fully saturated rings. The fourth-order valence-corrected chi connectivity index (χ4v) is 7.26. The molecule has 4 aromatic rings. The quantitative estimate of drug-likeness (QED) is 0.192. The first kappa shape index (κ1) is 30.8. The number of esters is 1. The number of rotatable bonds is 8. The summed E-state index contributed by atoms with van der Waals surface area (Å²) in [7, 11) is 0. The number of hydrogen-bond donors (Lipinski definition) is 1. The second-order valence-corrected chi connectivity index (χ2v) is 13.2. The fraction of sp³-hybridized carbons (Fsp3) is 0.344. The predicted octanol–water partition coefficient (Wildman–Crippen LogP) is 7.94. The number of carbonyl (C=O) groups excluding carboxylic acids is 2. The van der Waals surface area contributed by atoms with Gasteiger partial charge in [-0.05, 0) is 62.4 Å². The molecule has 1 aliphatic heterocycles. The van der Waals surface area contributed by atoms with Crippen LogP contribution in [-0.4, -0.2) is 38.5 Å². The predicted molar refractivity (Wildman–Crippen MR) is 174 cm³/mol. The van der Waals surface area contributed by atoms with Crippen LogP contribution in [0.4, 0.5) is 0 Å². The second-order valence-electron chi connectivity index (χ2n) is 10.8. The molecule has 1 saturated carbocycles. The van der Waals surface area contributed by atoms with Crippen LogP contribution in [0, 0.1) is 0 Å². The standard InChI is InChI=1S/C32H30Cl3N5O3S/c1-2-20-15-22-29(21-10-6-7-11-23(21)33)36-17-27-38-39-30(40(27)32(22)44-20)26(16-28(41)43-19-8-4-3-5-9-19)37-31(42)18-12-13-24(34)25(35)14-18/h6-7,10-15,19,26H,2-5,8-9,16-17H2,1H3,(H,37,42)/t26-/m0/s1. The van der Waals surface area contributed by atoms with E-state index in [1.54, 1.807) is 23.5 Å². The van der Waals surface area contributed by atoms with Crippen LogP contribution in [0.15, 0.2) is 53.5 Å². The first-order valence-corrected chi connectivity index (χ1v) is 16.6. The average molecular weight is 671 g/mol. The molecular weight excluding hydrogens is 641 g/mol. The number of ether oxygens (including phenoxy) is 1. The van der Waals surface area contributed by atoms with Crippen molar-refractivity contribution in [3.63, 3.8) is 0 Å². The van der Waals surface area contributed by atoms with Gasteiger partial charge in [-0.25, -0.2) is 0 Å². The van der Waals surface area contributed by atoms with Gasteiger partial charge in [-0.2, -0.15) is 0 Å². The number of aryl methyl sites for hydroxylation is 1. The minimum Gasteiger partial charge on any atom is -0.462 e. The Morgan fingerprint density at radius 1 is 1.00 bits per heavy atom. The Morgan fingerprint density at radius 2 is 1.80 bits per heavy atom. The van der Waals surface area contributed by atoms with Gasteiger partial charge in [-0.15, -0.1) is 21.5 Å². The van der Waals surface area contributed by atoms with E-state index in [0.717, 1.165) is 65.2 Å². The maximum atomic E-state index is 13.5. The van der Waals surface area contributed by atoms with E-state index in [-0.39, 0.29) is 24.1 Å². The first-order chi connectivity index (χ1) is 21.3. The zero-order valence-electron chi connectivity index (χ0n) is 24.0. The van der Waals surface area contributed by atoms with E-state index in [9.17, 15) is 9.59 Å². The van der Waals surface area contributed by atoms with Crippen LogP contribution in [0.1, 0.15) is 89.5 Å². The molecule has 1 aliphatic carbocycles. The van der Waals surface area contributed by atoms with Gasteiger partial charge >= 0.3 is 5.97 Å². The summed E-state index contributed by atoms with van der Waals surface area (Å²) in [5.74, 6) is 0.159. The zero-order valence-corrected chi connectivity index (χ0v) is 27.1. The Labute approximate surface area is 274 Å². The molecule has 0 unspecified atom stereocenters. The van der Waals surface area contributed by atoms with Crippen molar-refractivity contribution in [1.29, 1.82) is 0 Å². The SMILES string of the molecule is CCc1cc2c(s1)-n1c(nnc1[C@H](CC(=O)OC1CCCCC1)NC(=O)c1ccc(Cl)c(Cl)c1)CN=C2c1ccccc1Cl. The minimum absolute atomic E-state index is 0.124. The largest absolute Gasteiger partial charge is 0.462 e. The number of aromatic nitrogens is 3. The summed E-state index contributed by atoms with van der Waals surface area (Å²) in [5.41, 5.74) is 2.76. The number of fused-ring (bicyclic) bond motifs is 3. The van der Waals surface area contributed by atoms with Gasteiger partial charge in [0.05, 0.1) is 22.2 Å². The van der Waals surface area contributed by atoms with E-state index in [1.165, 1.54) is 6.07 Å². The van der Waals surface area contributed by atoms with Crippen LogP contribution in [-0.2, 0) is 22.5 Å². The van der Waals surface area contributed by atoms with Gasteiger partial charge in [-0.3, -0.25) is 19.1 Å². The lowest BCUT2D eigenvalue weighted by Gasteiger charge is -2.24. The number of aliphatic imine (C=N–C) groups is 1. The van der Waals surface area contributed by atoms with Gasteiger partial charge in [0.2, 0.25) is 0 Å². The third-order valence-electron chi connectivity index (χ3n) is 7.85. The van der Waals surface area contributed by atoms with Crippen LogP contribution >= 0.6 is 46.1 Å². The molecule has 2 aromatic carbocycles. The van der Waals surface area contributed by atoms with Crippen molar-refractivity contribution in [2.75, 3.05) is 0 Å². The Bertz CT molecular complexity index is 1740. The van der Waals surface area contributed by atoms with E-state index in [1.807, 2.05) is 28.8 Å². The molecule has 2 aromatic heterocycles. The van der Waals surface area contributed by atoms with Crippen molar-refractivity contribution in [2.45, 2.75) is 70.6 Å². The smallest absolute Gasteiger partial charge is 0.308 e. The second kappa shape index (κ2) is 13.4. The molecule has 1 amide bonds. The van der Waals surface area contributed by atoms with Crippen molar-refractivity contribution in [1.82, 2.24) is 20.1 Å². The molecule has 6 rings (SSSR count). The Kier molecular flexibility index (Phi) is 9.37. The number of amides is 1. The molecule has 2 aliphatic rings. The number of thiophene rings is 1. The molecule has 0 spiro atoms. The molecule has 1 N–H and O–H groups in total. The molecule has 44 heavy (non-hydrogen) atoms. The molecule has 0 radical (unpaired) electrons. The zero-order chi connectivity index (χ0) is 30.8. The lowest BCUT2D eigenvalue weighted by Crippen LogP contribution is -2.33. The van der Waals surface area contributed by atoms with Gasteiger partial charge in [0.15, 0.2) is 11.6 Å². The Hall–Kier alpha value is -3.24. The van der Waals surface area contributed by atoms with E-state index in [0.29, 0.717) is 27.3 Å². The van der Waals surface area contributed by atoms with Crippen LogP contribution in [0.25, 0.3) is 5.00 Å². The van der Waals surface area contributed by atoms with Gasteiger partial charge in [0, 0.05) is 26.6 Å². The van der Waals surface area contributed by atoms with Crippen molar-refractivity contribution in [3.8, 4) is 5.00 Å². The molecular formula is C32H30Cl3N5O3S. The number of hydrogen-bond acceptors (Lipinski definition) is 7. The lowest BCUT2D eigenvalue weighted by atomic mass is 9.98. The number of halogens is 3. The summed E-state index contributed by atoms with van der Waals surface area (Å²) in [6.45, 7) is 2.32. The number of nitrogens with zero attached hydrogens (tertiary/aromatic N) is 4. The Morgan fingerprint density at radius 3 is 2.55 bits per heavy atom. The highest BCUT2D eigenvalue weighted by molar-refractivity contribution is 7.15. The summed E-state index contributed by atoms with van der Waals surface area (Å²) in [4.78, 5) is 32.9. The van der Waals surface area contributed by atoms with Crippen molar-refractivity contribution in [3.05, 3.63) is 96.8 Å². The third-order valence-corrected chi connectivity index (χ3v) is 10.2. The summed E-state index contributed by atoms with van der Waals surface area (Å²) in [6.07, 6.45) is 5.44. The van der Waals surface area contributed by atoms with Crippen LogP contribution < -0.4 is 5.32 Å². The van der Waals surface area contributed by atoms with E-state index in [2.05, 4.69) is 28.5 Å². The maximum Gasteiger partial charge on any atom is 0.308 e. The molecule has 1 atom stereocenters. The normalized spacial score (nSPS) is 15.5. The van der Waals surface area contributed by atoms with Crippen LogP contribution in [0.3, 0.4) is 0 Å². The summed E-state index contributed by atoms with van der Waals surface area (Å²) in [6, 6.07) is 13.5. The average Bonchev–Trinajstić information content (AvgIpc) is 3.60. The third kappa shape index (κ3) is 6.42. The highest BCUT2D eigenvalue weighted by Crippen LogP contribution is 2.36. The first-order valence-electron chi connectivity index (χ1n) is 14.6. The van der Waals surface area contributed by atoms with Crippen molar-refractivity contribution >= 4 is 63.7 Å². The maximum absolute atomic E-state index is 13.5. The molecule has 12 heteroatoms. The number of carbonyl (C=O) groups is 2. The summed E-state index contributed by atoms with van der Waals surface area (Å²) in [5, 5.41) is 14.1. The van der Waals surface area contributed by atoms with Gasteiger partial charge in [0.1, 0.15) is 23.7 Å². The minimum atomic E-state index is -0.851. The van der Waals surface area contributed by atoms with Gasteiger partial charge in [-0.1, -0.05) is 66.3 Å². The van der Waals surface area contributed by atoms with Crippen molar-refractivity contribution < 1.29 is 14.3 Å². The van der Waals surface area contributed by atoms with E-state index >= 15 is 0 Å².